The Morgan fingerprint density at radius 1 is 1.33 bits per heavy atom. The average Bonchev–Trinajstić information content (AvgIpc) is 2.32. The van der Waals surface area contributed by atoms with Crippen molar-refractivity contribution in [2.24, 2.45) is 0 Å². The van der Waals surface area contributed by atoms with Crippen molar-refractivity contribution in [3.63, 3.8) is 0 Å². The molecule has 0 aromatic carbocycles. The number of aromatic nitrogens is 1. The van der Waals surface area contributed by atoms with E-state index in [1.807, 2.05) is 18.3 Å². The van der Waals surface area contributed by atoms with E-state index in [0.717, 1.165) is 12.1 Å². The van der Waals surface area contributed by atoms with Gasteiger partial charge in [0.05, 0.1) is 6.10 Å². The predicted molar refractivity (Wildman–Crippen MR) is 59.0 cm³/mol. The van der Waals surface area contributed by atoms with Crippen molar-refractivity contribution in [1.29, 1.82) is 0 Å². The second-order valence-electron chi connectivity index (χ2n) is 4.06. The summed E-state index contributed by atoms with van der Waals surface area (Å²) in [6.45, 7) is 0.740. The van der Waals surface area contributed by atoms with Crippen LogP contribution < -0.4 is 5.48 Å². The molecule has 1 N–H and O–H groups in total. The van der Waals surface area contributed by atoms with Gasteiger partial charge in [-0.15, -0.1) is 0 Å². The predicted octanol–water partition coefficient (Wildman–Crippen LogP) is 2.44. The quantitative estimate of drug-likeness (QED) is 0.768. The van der Waals surface area contributed by atoms with Gasteiger partial charge < -0.3 is 0 Å². The van der Waals surface area contributed by atoms with E-state index in [2.05, 4.69) is 10.5 Å². The van der Waals surface area contributed by atoms with Gasteiger partial charge in [-0.05, 0) is 24.5 Å². The lowest BCUT2D eigenvalue weighted by Crippen LogP contribution is -2.25. The largest absolute Gasteiger partial charge is 0.298 e. The Labute approximate surface area is 90.8 Å². The highest BCUT2D eigenvalue weighted by Gasteiger charge is 2.13. The second-order valence-corrected chi connectivity index (χ2v) is 4.06. The van der Waals surface area contributed by atoms with E-state index >= 15 is 0 Å². The van der Waals surface area contributed by atoms with Crippen LogP contribution in [0.2, 0.25) is 0 Å². The highest BCUT2D eigenvalue weighted by Crippen LogP contribution is 2.19. The first-order chi connectivity index (χ1) is 7.45. The molecule has 0 atom stereocenters. The Kier molecular flexibility index (Phi) is 4.11. The van der Waals surface area contributed by atoms with Gasteiger partial charge in [0.1, 0.15) is 0 Å². The zero-order valence-corrected chi connectivity index (χ0v) is 8.98. The summed E-state index contributed by atoms with van der Waals surface area (Å²) in [5.74, 6) is 0. The molecule has 82 valence electrons. The Morgan fingerprint density at radius 2 is 2.20 bits per heavy atom. The minimum Gasteiger partial charge on any atom is -0.298 e. The molecule has 3 nitrogen and oxygen atoms in total. The summed E-state index contributed by atoms with van der Waals surface area (Å²) < 4.78 is 0. The molecule has 0 amide bonds. The summed E-state index contributed by atoms with van der Waals surface area (Å²) in [5, 5.41) is 0. The molecule has 0 aliphatic heterocycles. The van der Waals surface area contributed by atoms with E-state index < -0.39 is 0 Å². The molecule has 1 aromatic rings. The van der Waals surface area contributed by atoms with Crippen molar-refractivity contribution < 1.29 is 4.84 Å². The summed E-state index contributed by atoms with van der Waals surface area (Å²) in [4.78, 5) is 9.66. The van der Waals surface area contributed by atoms with Crippen molar-refractivity contribution in [3.8, 4) is 0 Å². The van der Waals surface area contributed by atoms with Crippen molar-refractivity contribution in [1.82, 2.24) is 10.5 Å². The van der Waals surface area contributed by atoms with Crippen molar-refractivity contribution in [2.75, 3.05) is 0 Å². The van der Waals surface area contributed by atoms with Crippen LogP contribution in [-0.2, 0) is 11.4 Å². The zero-order chi connectivity index (χ0) is 10.3. The van der Waals surface area contributed by atoms with Crippen molar-refractivity contribution in [2.45, 2.75) is 44.8 Å². The Morgan fingerprint density at radius 3 is 2.93 bits per heavy atom. The molecule has 1 aliphatic carbocycles. The third kappa shape index (κ3) is 3.61. The molecule has 0 bridgehead atoms. The van der Waals surface area contributed by atoms with E-state index in [4.69, 9.17) is 4.84 Å². The molecule has 1 fully saturated rings. The normalized spacial score (nSPS) is 17.9. The van der Waals surface area contributed by atoms with Gasteiger partial charge >= 0.3 is 0 Å². The fraction of sp³-hybridized carbons (Fsp3) is 0.583. The molecule has 0 radical (unpaired) electrons. The van der Waals surface area contributed by atoms with Crippen LogP contribution in [0.5, 0.6) is 0 Å². The molecule has 0 saturated heterocycles. The first kappa shape index (κ1) is 10.6. The highest BCUT2D eigenvalue weighted by molar-refractivity contribution is 5.07. The molecule has 0 unspecified atom stereocenters. The summed E-state index contributed by atoms with van der Waals surface area (Å²) in [6.07, 6.45) is 10.4. The van der Waals surface area contributed by atoms with Gasteiger partial charge in [0, 0.05) is 18.9 Å². The van der Waals surface area contributed by atoms with E-state index in [1.54, 1.807) is 6.20 Å². The van der Waals surface area contributed by atoms with Crippen LogP contribution in [0.3, 0.4) is 0 Å². The minimum atomic E-state index is 0.412. The van der Waals surface area contributed by atoms with Crippen LogP contribution in [0.25, 0.3) is 0 Å². The van der Waals surface area contributed by atoms with Crippen LogP contribution in [-0.4, -0.2) is 11.1 Å². The Balaban J connectivity index is 1.66. The lowest BCUT2D eigenvalue weighted by molar-refractivity contribution is -0.0453. The molecular weight excluding hydrogens is 188 g/mol. The number of hydroxylamine groups is 1. The zero-order valence-electron chi connectivity index (χ0n) is 8.98. The summed E-state index contributed by atoms with van der Waals surface area (Å²) in [5.41, 5.74) is 4.19. The Hall–Kier alpha value is -0.930. The smallest absolute Gasteiger partial charge is 0.0790 e. The first-order valence-corrected chi connectivity index (χ1v) is 5.72. The summed E-state index contributed by atoms with van der Waals surface area (Å²) in [7, 11) is 0. The number of rotatable bonds is 4. The van der Waals surface area contributed by atoms with Gasteiger partial charge in [-0.3, -0.25) is 9.82 Å². The molecule has 1 saturated carbocycles. The molecule has 1 aliphatic rings. The number of pyridine rings is 1. The maximum atomic E-state index is 5.61. The lowest BCUT2D eigenvalue weighted by atomic mass is 9.98. The Bertz CT molecular complexity index is 270. The topological polar surface area (TPSA) is 34.2 Å². The maximum absolute atomic E-state index is 5.61. The fourth-order valence-corrected chi connectivity index (χ4v) is 1.93. The van der Waals surface area contributed by atoms with Gasteiger partial charge in [-0.2, -0.15) is 5.48 Å². The monoisotopic (exact) mass is 206 g/mol. The van der Waals surface area contributed by atoms with Gasteiger partial charge in [-0.1, -0.05) is 25.3 Å². The third-order valence-corrected chi connectivity index (χ3v) is 2.80. The molecular formula is C12H18N2O. The molecule has 15 heavy (non-hydrogen) atoms. The highest BCUT2D eigenvalue weighted by atomic mass is 16.7. The fourth-order valence-electron chi connectivity index (χ4n) is 1.93. The van der Waals surface area contributed by atoms with Gasteiger partial charge in [0.15, 0.2) is 0 Å². The van der Waals surface area contributed by atoms with Gasteiger partial charge in [-0.25, -0.2) is 0 Å². The molecule has 2 rings (SSSR count). The molecule has 0 spiro atoms. The van der Waals surface area contributed by atoms with E-state index in [-0.39, 0.29) is 0 Å². The van der Waals surface area contributed by atoms with E-state index in [1.165, 1.54) is 32.1 Å². The van der Waals surface area contributed by atoms with Crippen LogP contribution in [0.1, 0.15) is 37.7 Å². The average molecular weight is 206 g/mol. The van der Waals surface area contributed by atoms with Crippen molar-refractivity contribution >= 4 is 0 Å². The van der Waals surface area contributed by atoms with Crippen LogP contribution in [0, 0.1) is 0 Å². The lowest BCUT2D eigenvalue weighted by Gasteiger charge is -2.21. The SMILES string of the molecule is c1cncc(CNOC2CCCCC2)c1. The molecule has 1 aromatic heterocycles. The summed E-state index contributed by atoms with van der Waals surface area (Å²) in [6, 6.07) is 3.99. The maximum Gasteiger partial charge on any atom is 0.0790 e. The first-order valence-electron chi connectivity index (χ1n) is 5.72. The molecule has 1 heterocycles. The van der Waals surface area contributed by atoms with Crippen LogP contribution in [0.15, 0.2) is 24.5 Å². The molecule has 3 heteroatoms. The van der Waals surface area contributed by atoms with E-state index in [9.17, 15) is 0 Å². The third-order valence-electron chi connectivity index (χ3n) is 2.80. The summed E-state index contributed by atoms with van der Waals surface area (Å²) >= 11 is 0. The van der Waals surface area contributed by atoms with Crippen molar-refractivity contribution in [3.05, 3.63) is 30.1 Å². The standard InChI is InChI=1S/C12H18N2O/c1-2-6-12(7-3-1)15-14-10-11-5-4-8-13-9-11/h4-5,8-9,12,14H,1-3,6-7,10H2. The van der Waals surface area contributed by atoms with Crippen LogP contribution >= 0.6 is 0 Å². The second kappa shape index (κ2) is 5.83. The number of hydrogen-bond acceptors (Lipinski definition) is 3. The van der Waals surface area contributed by atoms with E-state index in [0.29, 0.717) is 6.10 Å². The van der Waals surface area contributed by atoms with Gasteiger partial charge in [0.2, 0.25) is 0 Å². The number of hydrogen-bond donors (Lipinski definition) is 1. The van der Waals surface area contributed by atoms with Crippen LogP contribution in [0.4, 0.5) is 0 Å². The van der Waals surface area contributed by atoms with Gasteiger partial charge in [0.25, 0.3) is 0 Å². The number of nitrogens with one attached hydrogen (secondary N) is 1. The minimum absolute atomic E-state index is 0.412. The number of nitrogens with zero attached hydrogens (tertiary/aromatic N) is 1.